The molecule has 0 aromatic rings. The highest BCUT2D eigenvalue weighted by atomic mass is 17.2. The Hall–Kier alpha value is -0.570. The van der Waals surface area contributed by atoms with E-state index in [4.69, 9.17) is 4.89 Å². The molecule has 0 amide bonds. The summed E-state index contributed by atoms with van der Waals surface area (Å²) in [5.41, 5.74) is -0.416. The van der Waals surface area contributed by atoms with Gasteiger partial charge in [-0.2, -0.15) is 4.89 Å². The Kier molecular flexibility index (Phi) is 4.11. The predicted octanol–water partition coefficient (Wildman–Crippen LogP) is 1.87. The van der Waals surface area contributed by atoms with Gasteiger partial charge in [0, 0.05) is 6.92 Å². The van der Waals surface area contributed by atoms with Crippen LogP contribution in [0.3, 0.4) is 0 Å². The molecule has 0 N–H and O–H groups in total. The maximum Gasteiger partial charge on any atom is 0.339 e. The largest absolute Gasteiger partial charge is 0.339 e. The van der Waals surface area contributed by atoms with Crippen LogP contribution in [0.2, 0.25) is 0 Å². The Labute approximate surface area is 67.6 Å². The van der Waals surface area contributed by atoms with Gasteiger partial charge >= 0.3 is 5.97 Å². The molecule has 3 heteroatoms. The van der Waals surface area contributed by atoms with Gasteiger partial charge in [0.25, 0.3) is 0 Å². The molecule has 0 atom stereocenters. The molecule has 0 aliphatic heterocycles. The van der Waals surface area contributed by atoms with Gasteiger partial charge in [0.1, 0.15) is 5.60 Å². The van der Waals surface area contributed by atoms with E-state index in [1.165, 1.54) is 6.92 Å². The molecule has 65 valence electrons. The van der Waals surface area contributed by atoms with E-state index in [0.29, 0.717) is 0 Å². The van der Waals surface area contributed by atoms with E-state index < -0.39 is 11.6 Å². The summed E-state index contributed by atoms with van der Waals surface area (Å²) in [5, 5.41) is 0. The molecule has 0 aromatic carbocycles. The summed E-state index contributed by atoms with van der Waals surface area (Å²) in [4.78, 5) is 19.6. The summed E-state index contributed by atoms with van der Waals surface area (Å²) < 4.78 is 0. The zero-order valence-corrected chi connectivity index (χ0v) is 7.51. The summed E-state index contributed by atoms with van der Waals surface area (Å²) in [6.45, 7) is 6.95. The van der Waals surface area contributed by atoms with E-state index in [1.807, 2.05) is 27.2 Å². The van der Waals surface area contributed by atoms with Gasteiger partial charge in [-0.05, 0) is 26.7 Å². The van der Waals surface area contributed by atoms with E-state index >= 15 is 0 Å². The lowest BCUT2D eigenvalue weighted by Gasteiger charge is -2.21. The summed E-state index contributed by atoms with van der Waals surface area (Å²) in [6.07, 6.45) is 2.71. The number of rotatable bonds is 4. The van der Waals surface area contributed by atoms with Gasteiger partial charge in [0.15, 0.2) is 0 Å². The molecule has 0 bridgehead atoms. The van der Waals surface area contributed by atoms with E-state index in [2.05, 4.69) is 4.89 Å². The molecule has 11 heavy (non-hydrogen) atoms. The molecule has 0 saturated carbocycles. The Morgan fingerprint density at radius 2 is 2.09 bits per heavy atom. The first-order valence-corrected chi connectivity index (χ1v) is 3.62. The first-order valence-electron chi connectivity index (χ1n) is 3.62. The molecular weight excluding hydrogens is 144 g/mol. The van der Waals surface area contributed by atoms with Crippen molar-refractivity contribution < 1.29 is 14.6 Å². The van der Waals surface area contributed by atoms with Crippen LogP contribution in [0.5, 0.6) is 0 Å². The van der Waals surface area contributed by atoms with Crippen LogP contribution in [0.4, 0.5) is 0 Å². The van der Waals surface area contributed by atoms with E-state index in [9.17, 15) is 4.79 Å². The minimum atomic E-state index is -0.422. The lowest BCUT2D eigenvalue weighted by Crippen LogP contribution is -2.25. The Morgan fingerprint density at radius 3 is 2.45 bits per heavy atom. The molecule has 0 fully saturated rings. The monoisotopic (exact) mass is 159 g/mol. The van der Waals surface area contributed by atoms with Crippen molar-refractivity contribution in [2.75, 3.05) is 0 Å². The molecule has 0 aromatic heterocycles. The molecule has 1 radical (unpaired) electrons. The molecular formula is C8H15O3. The fourth-order valence-electron chi connectivity index (χ4n) is 0.697. The van der Waals surface area contributed by atoms with E-state index in [-0.39, 0.29) is 0 Å². The summed E-state index contributed by atoms with van der Waals surface area (Å²) in [6, 6.07) is 0. The second-order valence-corrected chi connectivity index (χ2v) is 3.03. The summed E-state index contributed by atoms with van der Waals surface area (Å²) in [7, 11) is 0. The van der Waals surface area contributed by atoms with Crippen molar-refractivity contribution in [1.29, 1.82) is 0 Å². The first-order chi connectivity index (χ1) is 4.98. The van der Waals surface area contributed by atoms with Crippen LogP contribution < -0.4 is 0 Å². The molecule has 0 heterocycles. The zero-order valence-electron chi connectivity index (χ0n) is 7.51. The van der Waals surface area contributed by atoms with E-state index in [0.717, 1.165) is 6.42 Å². The van der Waals surface area contributed by atoms with Crippen LogP contribution in [0.1, 0.15) is 34.1 Å². The number of carbonyl (C=O) groups excluding carboxylic acids is 1. The third-order valence-electron chi connectivity index (χ3n) is 1.08. The molecule has 0 saturated heterocycles. The smallest absolute Gasteiger partial charge is 0.298 e. The maximum absolute atomic E-state index is 10.3. The van der Waals surface area contributed by atoms with Crippen LogP contribution in [0.15, 0.2) is 0 Å². The van der Waals surface area contributed by atoms with Gasteiger partial charge in [-0.25, -0.2) is 4.79 Å². The van der Waals surface area contributed by atoms with Crippen LogP contribution >= 0.6 is 0 Å². The average molecular weight is 159 g/mol. The number of hydrogen-bond acceptors (Lipinski definition) is 3. The first kappa shape index (κ1) is 10.4. The van der Waals surface area contributed by atoms with Crippen molar-refractivity contribution >= 4 is 5.97 Å². The van der Waals surface area contributed by atoms with Crippen LogP contribution in [-0.2, 0) is 14.6 Å². The van der Waals surface area contributed by atoms with E-state index in [1.54, 1.807) is 0 Å². The second kappa shape index (κ2) is 4.34. The van der Waals surface area contributed by atoms with Crippen LogP contribution in [0.25, 0.3) is 0 Å². The van der Waals surface area contributed by atoms with Gasteiger partial charge in [-0.1, -0.05) is 6.92 Å². The predicted molar refractivity (Wildman–Crippen MR) is 41.5 cm³/mol. The number of hydrogen-bond donors (Lipinski definition) is 0. The Balaban J connectivity index is 3.63. The average Bonchev–Trinajstić information content (AvgIpc) is 1.84. The van der Waals surface area contributed by atoms with Crippen molar-refractivity contribution in [2.24, 2.45) is 0 Å². The van der Waals surface area contributed by atoms with Crippen molar-refractivity contribution in [3.8, 4) is 0 Å². The molecule has 0 aliphatic rings. The van der Waals surface area contributed by atoms with Crippen molar-refractivity contribution in [1.82, 2.24) is 0 Å². The lowest BCUT2D eigenvalue weighted by atomic mass is 10.0. The SMILES string of the molecule is C[CH]CC(C)(C)OOC(C)=O. The quantitative estimate of drug-likeness (QED) is 0.464. The highest BCUT2D eigenvalue weighted by Crippen LogP contribution is 2.15. The van der Waals surface area contributed by atoms with Gasteiger partial charge in [-0.15, -0.1) is 0 Å². The fraction of sp³-hybridized carbons (Fsp3) is 0.750. The van der Waals surface area contributed by atoms with Gasteiger partial charge in [-0.3, -0.25) is 4.89 Å². The van der Waals surface area contributed by atoms with Crippen molar-refractivity contribution in [2.45, 2.75) is 39.7 Å². The van der Waals surface area contributed by atoms with Gasteiger partial charge < -0.3 is 0 Å². The summed E-state index contributed by atoms with van der Waals surface area (Å²) in [5.74, 6) is -0.422. The van der Waals surface area contributed by atoms with Crippen molar-refractivity contribution in [3.05, 3.63) is 6.42 Å². The number of carbonyl (C=O) groups is 1. The topological polar surface area (TPSA) is 35.5 Å². The third kappa shape index (κ3) is 5.85. The molecule has 0 aliphatic carbocycles. The summed E-state index contributed by atoms with van der Waals surface area (Å²) >= 11 is 0. The molecule has 0 rings (SSSR count). The molecule has 3 nitrogen and oxygen atoms in total. The Bertz CT molecular complexity index is 129. The fourth-order valence-corrected chi connectivity index (χ4v) is 0.697. The third-order valence-corrected chi connectivity index (χ3v) is 1.08. The van der Waals surface area contributed by atoms with Crippen LogP contribution in [-0.4, -0.2) is 11.6 Å². The maximum atomic E-state index is 10.3. The Morgan fingerprint density at radius 1 is 1.55 bits per heavy atom. The highest BCUT2D eigenvalue weighted by molar-refractivity contribution is 5.65. The molecule has 0 unspecified atom stereocenters. The zero-order chi connectivity index (χ0) is 8.91. The standard InChI is InChI=1S/C8H15O3/c1-5-6-8(3,4)11-10-7(2)9/h5H,6H2,1-4H3. The van der Waals surface area contributed by atoms with Crippen LogP contribution in [0, 0.1) is 6.42 Å². The normalized spacial score (nSPS) is 11.3. The van der Waals surface area contributed by atoms with Gasteiger partial charge in [0.05, 0.1) is 0 Å². The highest BCUT2D eigenvalue weighted by Gasteiger charge is 2.19. The second-order valence-electron chi connectivity index (χ2n) is 3.03. The minimum Gasteiger partial charge on any atom is -0.298 e. The van der Waals surface area contributed by atoms with Gasteiger partial charge in [0.2, 0.25) is 0 Å². The lowest BCUT2D eigenvalue weighted by molar-refractivity contribution is -0.323. The molecule has 0 spiro atoms. The van der Waals surface area contributed by atoms with Crippen molar-refractivity contribution in [3.63, 3.8) is 0 Å². The minimum absolute atomic E-state index is 0.416.